The van der Waals surface area contributed by atoms with Crippen LogP contribution in [0.1, 0.15) is 5.56 Å². The lowest BCUT2D eigenvalue weighted by Crippen LogP contribution is -2.12. The Morgan fingerprint density at radius 2 is 1.70 bits per heavy atom. The number of aromatic nitrogens is 2. The first kappa shape index (κ1) is 21.9. The van der Waals surface area contributed by atoms with Crippen LogP contribution in [0.25, 0.3) is 16.9 Å². The molecule has 1 heterocycles. The molecule has 0 atom stereocenters. The number of sulfonamides is 1. The zero-order chi connectivity index (χ0) is 23.4. The van der Waals surface area contributed by atoms with Gasteiger partial charge in [-0.1, -0.05) is 48.5 Å². The van der Waals surface area contributed by atoms with E-state index >= 15 is 0 Å². The Balaban J connectivity index is 1.69. The van der Waals surface area contributed by atoms with Crippen molar-refractivity contribution in [3.05, 3.63) is 101 Å². The van der Waals surface area contributed by atoms with Crippen molar-refractivity contribution in [3.8, 4) is 16.9 Å². The molecule has 1 aromatic heterocycles. The zero-order valence-electron chi connectivity index (χ0n) is 17.1. The molecule has 0 radical (unpaired) electrons. The van der Waals surface area contributed by atoms with E-state index < -0.39 is 20.6 Å². The normalized spacial score (nSPS) is 11.5. The van der Waals surface area contributed by atoms with Crippen LogP contribution in [0.4, 0.5) is 11.4 Å². The molecule has 0 aliphatic carbocycles. The van der Waals surface area contributed by atoms with Gasteiger partial charge in [0.25, 0.3) is 5.69 Å². The average Bonchev–Trinajstić information content (AvgIpc) is 3.24. The maximum atomic E-state index is 11.5. The maximum absolute atomic E-state index is 11.5. The molecule has 0 aliphatic heterocycles. The molecular weight excluding hydrogens is 444 g/mol. The highest BCUT2D eigenvalue weighted by molar-refractivity contribution is 7.89. The molecular formula is C22H18N6O4S. The van der Waals surface area contributed by atoms with E-state index in [1.165, 1.54) is 18.3 Å². The number of hydrazone groups is 1. The third-order valence-electron chi connectivity index (χ3n) is 4.69. The van der Waals surface area contributed by atoms with Crippen LogP contribution in [0.15, 0.2) is 95.1 Å². The van der Waals surface area contributed by atoms with Crippen molar-refractivity contribution in [1.29, 1.82) is 0 Å². The second kappa shape index (κ2) is 9.02. The summed E-state index contributed by atoms with van der Waals surface area (Å²) >= 11 is 0. The number of anilines is 1. The SMILES string of the molecule is NS(=O)(=O)c1ccc(N/N=C\c2cn(-c3ccccc3)nc2-c2ccccc2)c([N+](=O)[O-])c1. The predicted octanol–water partition coefficient (Wildman–Crippen LogP) is 3.54. The molecule has 10 nitrogen and oxygen atoms in total. The lowest BCUT2D eigenvalue weighted by atomic mass is 10.1. The Bertz CT molecular complexity index is 1430. The second-order valence-corrected chi connectivity index (χ2v) is 8.49. The number of benzene rings is 3. The largest absolute Gasteiger partial charge is 0.295 e. The fourth-order valence-electron chi connectivity index (χ4n) is 3.12. The van der Waals surface area contributed by atoms with Gasteiger partial charge >= 0.3 is 0 Å². The van der Waals surface area contributed by atoms with E-state index in [1.54, 1.807) is 10.9 Å². The highest BCUT2D eigenvalue weighted by Gasteiger charge is 2.19. The van der Waals surface area contributed by atoms with Crippen molar-refractivity contribution in [3.63, 3.8) is 0 Å². The minimum atomic E-state index is -4.08. The summed E-state index contributed by atoms with van der Waals surface area (Å²) in [5.74, 6) is 0. The molecule has 0 aliphatic rings. The van der Waals surface area contributed by atoms with E-state index in [2.05, 4.69) is 15.6 Å². The average molecular weight is 462 g/mol. The van der Waals surface area contributed by atoms with E-state index in [0.29, 0.717) is 11.3 Å². The summed E-state index contributed by atoms with van der Waals surface area (Å²) in [5, 5.41) is 25.3. The molecule has 3 N–H and O–H groups in total. The minimum Gasteiger partial charge on any atom is -0.272 e. The summed E-state index contributed by atoms with van der Waals surface area (Å²) < 4.78 is 24.7. The van der Waals surface area contributed by atoms with E-state index in [0.717, 1.165) is 17.3 Å². The number of hydrogen-bond donors (Lipinski definition) is 2. The van der Waals surface area contributed by atoms with Gasteiger partial charge in [-0.15, -0.1) is 0 Å². The van der Waals surface area contributed by atoms with Crippen molar-refractivity contribution in [1.82, 2.24) is 9.78 Å². The van der Waals surface area contributed by atoms with Gasteiger partial charge in [0.15, 0.2) is 0 Å². The standard InChI is InChI=1S/C22H18N6O4S/c23-33(31,32)19-11-12-20(21(13-19)28(29)30)25-24-14-17-15-27(18-9-5-2-6-10-18)26-22(17)16-7-3-1-4-8-16/h1-15,25H,(H2,23,31,32)/b24-14-. The molecule has 4 aromatic rings. The van der Waals surface area contributed by atoms with Crippen LogP contribution in [0.2, 0.25) is 0 Å². The van der Waals surface area contributed by atoms with Gasteiger partial charge in [0.2, 0.25) is 10.0 Å². The smallest absolute Gasteiger partial charge is 0.272 e. The highest BCUT2D eigenvalue weighted by atomic mass is 32.2. The van der Waals surface area contributed by atoms with Crippen LogP contribution >= 0.6 is 0 Å². The number of nitrogens with two attached hydrogens (primary N) is 1. The Morgan fingerprint density at radius 1 is 1.03 bits per heavy atom. The zero-order valence-corrected chi connectivity index (χ0v) is 17.9. The topological polar surface area (TPSA) is 146 Å². The summed E-state index contributed by atoms with van der Waals surface area (Å²) in [6, 6.07) is 22.4. The molecule has 0 unspecified atom stereocenters. The molecule has 166 valence electrons. The molecule has 33 heavy (non-hydrogen) atoms. The lowest BCUT2D eigenvalue weighted by molar-refractivity contribution is -0.384. The Hall–Kier alpha value is -4.35. The van der Waals surface area contributed by atoms with E-state index in [4.69, 9.17) is 5.14 Å². The molecule has 0 saturated heterocycles. The molecule has 3 aromatic carbocycles. The van der Waals surface area contributed by atoms with Crippen LogP contribution in [-0.2, 0) is 10.0 Å². The molecule has 0 saturated carbocycles. The summed E-state index contributed by atoms with van der Waals surface area (Å²) in [6.07, 6.45) is 3.29. The fraction of sp³-hybridized carbons (Fsp3) is 0. The van der Waals surface area contributed by atoms with Gasteiger partial charge < -0.3 is 0 Å². The first-order valence-corrected chi connectivity index (χ1v) is 11.2. The number of primary sulfonamides is 1. The number of para-hydroxylation sites is 1. The highest BCUT2D eigenvalue weighted by Crippen LogP contribution is 2.27. The number of nitro benzene ring substituents is 1. The van der Waals surface area contributed by atoms with Crippen molar-refractivity contribution in [2.75, 3.05) is 5.43 Å². The van der Waals surface area contributed by atoms with Gasteiger partial charge in [-0.2, -0.15) is 10.2 Å². The van der Waals surface area contributed by atoms with Gasteiger partial charge in [-0.05, 0) is 24.3 Å². The Kier molecular flexibility index (Phi) is 5.98. The Morgan fingerprint density at radius 3 is 2.33 bits per heavy atom. The summed E-state index contributed by atoms with van der Waals surface area (Å²) in [5.41, 5.74) is 5.22. The number of nitrogens with one attached hydrogen (secondary N) is 1. The third-order valence-corrected chi connectivity index (χ3v) is 5.60. The van der Waals surface area contributed by atoms with Crippen molar-refractivity contribution in [2.45, 2.75) is 4.90 Å². The van der Waals surface area contributed by atoms with Gasteiger partial charge in [0, 0.05) is 23.4 Å². The van der Waals surface area contributed by atoms with Gasteiger partial charge in [-0.25, -0.2) is 18.2 Å². The summed E-state index contributed by atoms with van der Waals surface area (Å²) in [4.78, 5) is 10.3. The molecule has 0 bridgehead atoms. The fourth-order valence-corrected chi connectivity index (χ4v) is 3.65. The number of nitro groups is 1. The van der Waals surface area contributed by atoms with E-state index in [1.807, 2.05) is 60.7 Å². The Labute approximate surface area is 189 Å². The van der Waals surface area contributed by atoms with Crippen molar-refractivity contribution >= 4 is 27.6 Å². The molecule has 0 amide bonds. The van der Waals surface area contributed by atoms with E-state index in [-0.39, 0.29) is 10.6 Å². The first-order valence-electron chi connectivity index (χ1n) is 9.64. The quantitative estimate of drug-likeness (QED) is 0.244. The van der Waals surface area contributed by atoms with Crippen LogP contribution < -0.4 is 10.6 Å². The predicted molar refractivity (Wildman–Crippen MR) is 125 cm³/mol. The van der Waals surface area contributed by atoms with Crippen molar-refractivity contribution in [2.24, 2.45) is 10.2 Å². The lowest BCUT2D eigenvalue weighted by Gasteiger charge is -2.04. The van der Waals surface area contributed by atoms with Crippen molar-refractivity contribution < 1.29 is 13.3 Å². The third kappa shape index (κ3) is 4.95. The maximum Gasteiger partial charge on any atom is 0.295 e. The number of rotatable bonds is 7. The first-order chi connectivity index (χ1) is 15.8. The van der Waals surface area contributed by atoms with E-state index in [9.17, 15) is 18.5 Å². The molecule has 0 spiro atoms. The van der Waals surface area contributed by atoms with Crippen LogP contribution in [0, 0.1) is 10.1 Å². The number of hydrogen-bond acceptors (Lipinski definition) is 7. The molecule has 11 heteroatoms. The molecule has 0 fully saturated rings. The van der Waals surface area contributed by atoms with Crippen LogP contribution in [0.3, 0.4) is 0 Å². The van der Waals surface area contributed by atoms with Gasteiger partial charge in [0.05, 0.1) is 21.7 Å². The number of nitrogens with zero attached hydrogens (tertiary/aromatic N) is 4. The van der Waals surface area contributed by atoms with Crippen LogP contribution in [0.5, 0.6) is 0 Å². The summed E-state index contributed by atoms with van der Waals surface area (Å²) in [7, 11) is -4.08. The second-order valence-electron chi connectivity index (χ2n) is 6.93. The van der Waals surface area contributed by atoms with Crippen LogP contribution in [-0.4, -0.2) is 29.3 Å². The summed E-state index contributed by atoms with van der Waals surface area (Å²) in [6.45, 7) is 0. The molecule has 4 rings (SSSR count). The van der Waals surface area contributed by atoms with Gasteiger partial charge in [0.1, 0.15) is 11.4 Å². The minimum absolute atomic E-state index is 0.0142. The monoisotopic (exact) mass is 462 g/mol. The van der Waals surface area contributed by atoms with Gasteiger partial charge in [-0.3, -0.25) is 15.5 Å².